The predicted octanol–water partition coefficient (Wildman–Crippen LogP) is 3.28. The van der Waals surface area contributed by atoms with Gasteiger partial charge in [-0.2, -0.15) is 0 Å². The van der Waals surface area contributed by atoms with Gasteiger partial charge in [-0.05, 0) is 29.0 Å². The average molecular weight is 224 g/mol. The molecule has 0 heterocycles. The van der Waals surface area contributed by atoms with E-state index < -0.39 is 10.8 Å². The topological polar surface area (TPSA) is 17.1 Å². The van der Waals surface area contributed by atoms with Gasteiger partial charge in [0.1, 0.15) is 0 Å². The van der Waals surface area contributed by atoms with Gasteiger partial charge in [0.2, 0.25) is 0 Å². The molecule has 2 heteroatoms. The van der Waals surface area contributed by atoms with Crippen molar-refractivity contribution in [2.45, 2.75) is 44.4 Å². The van der Waals surface area contributed by atoms with Gasteiger partial charge in [0.15, 0.2) is 0 Å². The number of rotatable bonds is 2. The van der Waals surface area contributed by atoms with Crippen molar-refractivity contribution in [1.82, 2.24) is 0 Å². The van der Waals surface area contributed by atoms with Gasteiger partial charge in [-0.15, -0.1) is 0 Å². The van der Waals surface area contributed by atoms with Crippen LogP contribution in [0.2, 0.25) is 0 Å². The van der Waals surface area contributed by atoms with Crippen LogP contribution in [0.15, 0.2) is 23.1 Å². The summed E-state index contributed by atoms with van der Waals surface area (Å²) in [6, 6.07) is 6.29. The van der Waals surface area contributed by atoms with Crippen LogP contribution >= 0.6 is 0 Å². The second-order valence-corrected chi connectivity index (χ2v) is 6.23. The molecule has 15 heavy (non-hydrogen) atoms. The molecule has 84 valence electrons. The zero-order valence-electron chi connectivity index (χ0n) is 10.3. The summed E-state index contributed by atoms with van der Waals surface area (Å²) >= 11 is 0. The molecule has 0 saturated carbocycles. The van der Waals surface area contributed by atoms with E-state index in [0.29, 0.717) is 0 Å². The highest BCUT2D eigenvalue weighted by Gasteiger charge is 2.15. The van der Waals surface area contributed by atoms with Gasteiger partial charge in [-0.3, -0.25) is 4.21 Å². The van der Waals surface area contributed by atoms with Crippen LogP contribution in [0.4, 0.5) is 0 Å². The van der Waals surface area contributed by atoms with E-state index >= 15 is 0 Å². The minimum atomic E-state index is -0.875. The van der Waals surface area contributed by atoms with Crippen LogP contribution in [0, 0.1) is 0 Å². The van der Waals surface area contributed by atoms with Crippen molar-refractivity contribution < 1.29 is 4.21 Å². The largest absolute Gasteiger partial charge is 0.255 e. The maximum Gasteiger partial charge on any atom is 0.0500 e. The summed E-state index contributed by atoms with van der Waals surface area (Å²) in [5, 5.41) is 0. The van der Waals surface area contributed by atoms with Crippen molar-refractivity contribution >= 4 is 10.8 Å². The van der Waals surface area contributed by atoms with Crippen molar-refractivity contribution in [1.29, 1.82) is 0 Å². The van der Waals surface area contributed by atoms with E-state index in [2.05, 4.69) is 39.8 Å². The molecule has 0 aliphatic carbocycles. The van der Waals surface area contributed by atoms with Gasteiger partial charge >= 0.3 is 0 Å². The molecule has 0 N–H and O–H groups in total. The highest BCUT2D eigenvalue weighted by Crippen LogP contribution is 2.25. The summed E-state index contributed by atoms with van der Waals surface area (Å²) in [5.41, 5.74) is 2.69. The Morgan fingerprint density at radius 2 is 1.87 bits per heavy atom. The molecular formula is C13H20OS. The van der Waals surface area contributed by atoms with Crippen LogP contribution in [0.5, 0.6) is 0 Å². The normalized spacial score (nSPS) is 13.9. The van der Waals surface area contributed by atoms with Gasteiger partial charge in [0.05, 0.1) is 10.8 Å². The Balaban J connectivity index is 3.25. The van der Waals surface area contributed by atoms with Gasteiger partial charge in [0, 0.05) is 11.2 Å². The minimum absolute atomic E-state index is 0.164. The molecule has 0 radical (unpaired) electrons. The van der Waals surface area contributed by atoms with E-state index in [4.69, 9.17) is 0 Å². The number of aryl methyl sites for hydroxylation is 1. The SMILES string of the molecule is CCc1cc(C(C)(C)C)ccc1S(C)=O. The Morgan fingerprint density at radius 3 is 2.27 bits per heavy atom. The zero-order chi connectivity index (χ0) is 11.6. The summed E-state index contributed by atoms with van der Waals surface area (Å²) in [7, 11) is -0.875. The highest BCUT2D eigenvalue weighted by molar-refractivity contribution is 7.84. The van der Waals surface area contributed by atoms with Crippen molar-refractivity contribution in [3.05, 3.63) is 29.3 Å². The standard InChI is InChI=1S/C13H20OS/c1-6-10-9-11(13(2,3)4)7-8-12(10)15(5)14/h7-9H,6H2,1-5H3. The van der Waals surface area contributed by atoms with E-state index in [1.54, 1.807) is 6.26 Å². The molecule has 1 aromatic rings. The molecule has 1 atom stereocenters. The molecule has 1 aromatic carbocycles. The third kappa shape index (κ3) is 2.91. The molecule has 0 spiro atoms. The molecule has 0 amide bonds. The number of hydrogen-bond acceptors (Lipinski definition) is 1. The molecular weight excluding hydrogens is 204 g/mol. The minimum Gasteiger partial charge on any atom is -0.255 e. The lowest BCUT2D eigenvalue weighted by atomic mass is 9.86. The first kappa shape index (κ1) is 12.4. The molecule has 0 aromatic heterocycles. The van der Waals surface area contributed by atoms with E-state index in [9.17, 15) is 4.21 Å². The molecule has 1 rings (SSSR count). The lowest BCUT2D eigenvalue weighted by molar-refractivity contribution is 0.588. The number of benzene rings is 1. The van der Waals surface area contributed by atoms with Crippen LogP contribution in [0.25, 0.3) is 0 Å². The van der Waals surface area contributed by atoms with Crippen LogP contribution in [-0.4, -0.2) is 10.5 Å². The summed E-state index contributed by atoms with van der Waals surface area (Å²) in [4.78, 5) is 0.977. The lowest BCUT2D eigenvalue weighted by Gasteiger charge is -2.20. The Hall–Kier alpha value is -0.630. The quantitative estimate of drug-likeness (QED) is 0.753. The average Bonchev–Trinajstić information content (AvgIpc) is 2.15. The fourth-order valence-corrected chi connectivity index (χ4v) is 2.43. The van der Waals surface area contributed by atoms with E-state index in [-0.39, 0.29) is 5.41 Å². The van der Waals surface area contributed by atoms with Crippen LogP contribution in [-0.2, 0) is 22.6 Å². The zero-order valence-corrected chi connectivity index (χ0v) is 11.1. The van der Waals surface area contributed by atoms with Crippen molar-refractivity contribution in [3.63, 3.8) is 0 Å². The monoisotopic (exact) mass is 224 g/mol. The fourth-order valence-electron chi connectivity index (χ4n) is 1.60. The van der Waals surface area contributed by atoms with Crippen LogP contribution in [0.1, 0.15) is 38.8 Å². The number of hydrogen-bond donors (Lipinski definition) is 0. The first-order valence-electron chi connectivity index (χ1n) is 5.33. The van der Waals surface area contributed by atoms with E-state index in [0.717, 1.165) is 11.3 Å². The maximum absolute atomic E-state index is 11.5. The summed E-state index contributed by atoms with van der Waals surface area (Å²) in [6.45, 7) is 8.71. The highest BCUT2D eigenvalue weighted by atomic mass is 32.2. The molecule has 0 aliphatic rings. The van der Waals surface area contributed by atoms with E-state index in [1.165, 1.54) is 11.1 Å². The maximum atomic E-state index is 11.5. The first-order chi connectivity index (χ1) is 6.86. The molecule has 0 aliphatic heterocycles. The first-order valence-corrected chi connectivity index (χ1v) is 6.89. The molecule has 0 saturated heterocycles. The Labute approximate surface area is 95.4 Å². The predicted molar refractivity (Wildman–Crippen MR) is 66.9 cm³/mol. The van der Waals surface area contributed by atoms with Gasteiger partial charge < -0.3 is 0 Å². The van der Waals surface area contributed by atoms with Gasteiger partial charge in [-0.25, -0.2) is 0 Å². The molecule has 1 nitrogen and oxygen atoms in total. The van der Waals surface area contributed by atoms with Crippen molar-refractivity contribution in [2.24, 2.45) is 0 Å². The molecule has 0 bridgehead atoms. The summed E-state index contributed by atoms with van der Waals surface area (Å²) < 4.78 is 11.5. The Kier molecular flexibility index (Phi) is 3.72. The Bertz CT molecular complexity index is 375. The summed E-state index contributed by atoms with van der Waals surface area (Å²) in [5.74, 6) is 0. The van der Waals surface area contributed by atoms with Gasteiger partial charge in [-0.1, -0.05) is 39.8 Å². The van der Waals surface area contributed by atoms with Crippen LogP contribution < -0.4 is 0 Å². The third-order valence-corrected chi connectivity index (χ3v) is 3.63. The van der Waals surface area contributed by atoms with Gasteiger partial charge in [0.25, 0.3) is 0 Å². The second-order valence-electron chi connectivity index (χ2n) is 4.88. The second kappa shape index (κ2) is 4.48. The van der Waals surface area contributed by atoms with E-state index in [1.807, 2.05) is 6.07 Å². The molecule has 1 unspecified atom stereocenters. The lowest BCUT2D eigenvalue weighted by Crippen LogP contribution is -2.12. The Morgan fingerprint density at radius 1 is 1.27 bits per heavy atom. The third-order valence-electron chi connectivity index (χ3n) is 2.62. The van der Waals surface area contributed by atoms with Crippen molar-refractivity contribution in [2.75, 3.05) is 6.26 Å². The van der Waals surface area contributed by atoms with Crippen molar-refractivity contribution in [3.8, 4) is 0 Å². The smallest absolute Gasteiger partial charge is 0.0500 e. The molecule has 0 fully saturated rings. The summed E-state index contributed by atoms with van der Waals surface area (Å²) in [6.07, 6.45) is 2.68. The fraction of sp³-hybridized carbons (Fsp3) is 0.538. The van der Waals surface area contributed by atoms with Crippen LogP contribution in [0.3, 0.4) is 0 Å².